The summed E-state index contributed by atoms with van der Waals surface area (Å²) < 4.78 is 11.1. The first-order valence-electron chi connectivity index (χ1n) is 9.52. The molecular weight excluding hydrogens is 402 g/mol. The summed E-state index contributed by atoms with van der Waals surface area (Å²) in [5, 5.41) is 10.9. The van der Waals surface area contributed by atoms with E-state index < -0.39 is 17.5 Å². The van der Waals surface area contributed by atoms with Crippen molar-refractivity contribution in [3.63, 3.8) is 0 Å². The van der Waals surface area contributed by atoms with Crippen LogP contribution in [0.3, 0.4) is 0 Å². The smallest absolute Gasteiger partial charge is 0.338 e. The van der Waals surface area contributed by atoms with Crippen molar-refractivity contribution in [2.75, 3.05) is 0 Å². The Morgan fingerprint density at radius 1 is 1.27 bits per heavy atom. The van der Waals surface area contributed by atoms with E-state index in [2.05, 4.69) is 11.1 Å². The number of rotatable bonds is 2. The number of ether oxygens (including phenoxy) is 2. The predicted molar refractivity (Wildman–Crippen MR) is 115 cm³/mol. The molecule has 0 radical (unpaired) electrons. The van der Waals surface area contributed by atoms with Gasteiger partial charge in [0.2, 0.25) is 5.88 Å². The fourth-order valence-electron chi connectivity index (χ4n) is 3.61. The third-order valence-electron chi connectivity index (χ3n) is 4.80. The van der Waals surface area contributed by atoms with Crippen LogP contribution in [0.4, 0.5) is 0 Å². The average Bonchev–Trinajstić information content (AvgIpc) is 2.58. The molecule has 2 heterocycles. The summed E-state index contributed by atoms with van der Waals surface area (Å²) in [5.41, 5.74) is 8.86. The Labute approximate surface area is 180 Å². The lowest BCUT2D eigenvalue weighted by Gasteiger charge is -2.29. The van der Waals surface area contributed by atoms with Gasteiger partial charge in [-0.15, -0.1) is 0 Å². The van der Waals surface area contributed by atoms with Crippen LogP contribution in [0.25, 0.3) is 10.9 Å². The Hall–Kier alpha value is -3.04. The third kappa shape index (κ3) is 3.99. The molecule has 0 amide bonds. The molecule has 2 aromatic rings. The Morgan fingerprint density at radius 2 is 1.93 bits per heavy atom. The molecule has 7 heteroatoms. The highest BCUT2D eigenvalue weighted by Crippen LogP contribution is 2.43. The number of halogens is 1. The number of aromatic nitrogens is 1. The number of carbonyl (C=O) groups excluding carboxylic acids is 1. The van der Waals surface area contributed by atoms with Crippen molar-refractivity contribution < 1.29 is 14.3 Å². The minimum atomic E-state index is -0.844. The highest BCUT2D eigenvalue weighted by Gasteiger charge is 2.39. The lowest BCUT2D eigenvalue weighted by molar-refractivity contribution is -0.150. The molecule has 6 nitrogen and oxygen atoms in total. The Kier molecular flexibility index (Phi) is 5.53. The Bertz CT molecular complexity index is 1170. The van der Waals surface area contributed by atoms with E-state index in [4.69, 9.17) is 26.8 Å². The molecule has 0 saturated carbocycles. The summed E-state index contributed by atoms with van der Waals surface area (Å²) in [4.78, 5) is 17.6. The molecule has 1 aliphatic rings. The van der Waals surface area contributed by atoms with Crippen LogP contribution < -0.4 is 5.73 Å². The Morgan fingerprint density at radius 3 is 2.53 bits per heavy atom. The van der Waals surface area contributed by atoms with Crippen molar-refractivity contribution in [1.82, 2.24) is 4.98 Å². The molecule has 1 aromatic heterocycles. The van der Waals surface area contributed by atoms with Gasteiger partial charge in [-0.3, -0.25) is 0 Å². The molecule has 1 aromatic carbocycles. The van der Waals surface area contributed by atoms with E-state index in [1.807, 2.05) is 32.0 Å². The zero-order chi connectivity index (χ0) is 22.4. The van der Waals surface area contributed by atoms with Crippen LogP contribution in [0, 0.1) is 25.2 Å². The molecule has 3 rings (SSSR count). The number of nitriles is 1. The number of esters is 1. The normalized spacial score (nSPS) is 17.1. The zero-order valence-corrected chi connectivity index (χ0v) is 18.6. The van der Waals surface area contributed by atoms with Crippen LogP contribution in [0.5, 0.6) is 0 Å². The molecule has 30 heavy (non-hydrogen) atoms. The minimum Gasteiger partial charge on any atom is -0.456 e. The van der Waals surface area contributed by atoms with Gasteiger partial charge in [0.1, 0.15) is 28.2 Å². The maximum absolute atomic E-state index is 13.1. The highest BCUT2D eigenvalue weighted by atomic mass is 35.5. The number of hydrogen-bond donors (Lipinski definition) is 1. The number of nitrogens with zero attached hydrogens (tertiary/aromatic N) is 2. The molecule has 1 unspecified atom stereocenters. The Balaban J connectivity index is 2.28. The van der Waals surface area contributed by atoms with Gasteiger partial charge in [0.15, 0.2) is 0 Å². The lowest BCUT2D eigenvalue weighted by Crippen LogP contribution is -2.30. The minimum absolute atomic E-state index is 0.0656. The first-order chi connectivity index (χ1) is 13.9. The van der Waals surface area contributed by atoms with Crippen molar-refractivity contribution in [3.8, 4) is 6.07 Å². The number of benzene rings is 1. The van der Waals surface area contributed by atoms with Crippen LogP contribution >= 0.6 is 11.6 Å². The second-order valence-corrected chi connectivity index (χ2v) is 8.77. The van der Waals surface area contributed by atoms with Gasteiger partial charge in [0.25, 0.3) is 0 Å². The summed E-state index contributed by atoms with van der Waals surface area (Å²) in [6.07, 6.45) is 0. The number of carbonyl (C=O) groups is 1. The number of pyridine rings is 1. The van der Waals surface area contributed by atoms with E-state index in [9.17, 15) is 10.1 Å². The van der Waals surface area contributed by atoms with E-state index in [0.717, 1.165) is 22.0 Å². The SMILES string of the molecule is CC1=C(C(=O)OC(C)(C)C)C(c2cc3c(C)cc(C)cc3nc2Cl)C(C#N)=C(N)O1. The van der Waals surface area contributed by atoms with E-state index in [1.165, 1.54) is 0 Å². The van der Waals surface area contributed by atoms with Crippen LogP contribution in [-0.2, 0) is 14.3 Å². The van der Waals surface area contributed by atoms with E-state index >= 15 is 0 Å². The van der Waals surface area contributed by atoms with Gasteiger partial charge < -0.3 is 15.2 Å². The molecule has 2 N–H and O–H groups in total. The van der Waals surface area contributed by atoms with Gasteiger partial charge in [-0.1, -0.05) is 17.7 Å². The largest absolute Gasteiger partial charge is 0.456 e. The first-order valence-corrected chi connectivity index (χ1v) is 9.90. The second-order valence-electron chi connectivity index (χ2n) is 8.41. The average molecular weight is 426 g/mol. The molecule has 0 spiro atoms. The predicted octanol–water partition coefficient (Wildman–Crippen LogP) is 4.93. The third-order valence-corrected chi connectivity index (χ3v) is 5.10. The van der Waals surface area contributed by atoms with Gasteiger partial charge in [-0.2, -0.15) is 5.26 Å². The number of nitrogens with two attached hydrogens (primary N) is 1. The van der Waals surface area contributed by atoms with Gasteiger partial charge >= 0.3 is 5.97 Å². The molecule has 156 valence electrons. The van der Waals surface area contributed by atoms with Crippen LogP contribution in [0.15, 0.2) is 41.0 Å². The van der Waals surface area contributed by atoms with Crippen LogP contribution in [0.2, 0.25) is 5.15 Å². The standard InChI is InChI=1S/C23H24ClN3O3/c1-11-7-12(2)14-9-15(20(24)27-17(14)8-11)19-16(10-25)21(26)29-13(3)18(19)22(28)30-23(4,5)6/h7-9,19H,26H2,1-6H3. The molecule has 1 aliphatic heterocycles. The van der Waals surface area contributed by atoms with E-state index in [-0.39, 0.29) is 27.9 Å². The fourth-order valence-corrected chi connectivity index (χ4v) is 3.87. The topological polar surface area (TPSA) is 98.2 Å². The lowest BCUT2D eigenvalue weighted by atomic mass is 9.83. The van der Waals surface area contributed by atoms with E-state index in [1.54, 1.807) is 27.7 Å². The summed E-state index contributed by atoms with van der Waals surface area (Å²) in [5.74, 6) is -1.24. The molecule has 0 bridgehead atoms. The number of allylic oxidation sites excluding steroid dienone is 2. The monoisotopic (exact) mass is 425 g/mol. The van der Waals surface area contributed by atoms with Crippen LogP contribution in [0.1, 0.15) is 50.3 Å². The molecule has 0 fully saturated rings. The van der Waals surface area contributed by atoms with Gasteiger partial charge in [-0.25, -0.2) is 9.78 Å². The molecule has 0 saturated heterocycles. The van der Waals surface area contributed by atoms with E-state index in [0.29, 0.717) is 5.56 Å². The highest BCUT2D eigenvalue weighted by molar-refractivity contribution is 6.31. The summed E-state index contributed by atoms with van der Waals surface area (Å²) >= 11 is 6.56. The van der Waals surface area contributed by atoms with Crippen molar-refractivity contribution in [2.24, 2.45) is 5.73 Å². The molecule has 0 aliphatic carbocycles. The second kappa shape index (κ2) is 7.66. The molecule has 1 atom stereocenters. The maximum atomic E-state index is 13.1. The van der Waals surface area contributed by atoms with Crippen molar-refractivity contribution in [2.45, 2.75) is 53.1 Å². The van der Waals surface area contributed by atoms with Crippen molar-refractivity contribution in [1.29, 1.82) is 5.26 Å². The van der Waals surface area contributed by atoms with Crippen molar-refractivity contribution >= 4 is 28.5 Å². The van der Waals surface area contributed by atoms with Gasteiger partial charge in [0.05, 0.1) is 17.0 Å². The number of hydrogen-bond acceptors (Lipinski definition) is 6. The molecular formula is C23H24ClN3O3. The van der Waals surface area contributed by atoms with Crippen LogP contribution in [-0.4, -0.2) is 16.6 Å². The zero-order valence-electron chi connectivity index (χ0n) is 17.9. The first kappa shape index (κ1) is 21.7. The van der Waals surface area contributed by atoms with Crippen molar-refractivity contribution in [3.05, 3.63) is 62.8 Å². The quantitative estimate of drug-likeness (QED) is 0.541. The number of fused-ring (bicyclic) bond motifs is 1. The summed E-state index contributed by atoms with van der Waals surface area (Å²) in [6, 6.07) is 7.91. The maximum Gasteiger partial charge on any atom is 0.338 e. The summed E-state index contributed by atoms with van der Waals surface area (Å²) in [6.45, 7) is 10.9. The fraction of sp³-hybridized carbons (Fsp3) is 0.348. The summed E-state index contributed by atoms with van der Waals surface area (Å²) in [7, 11) is 0. The van der Waals surface area contributed by atoms with Gasteiger partial charge in [0, 0.05) is 10.9 Å². The van der Waals surface area contributed by atoms with Gasteiger partial charge in [-0.05, 0) is 64.8 Å². The number of aryl methyl sites for hydroxylation is 2.